The second-order valence-corrected chi connectivity index (χ2v) is 5.90. The number of pyridine rings is 1. The number of benzene rings is 1. The Hall–Kier alpha value is -3.22. The summed E-state index contributed by atoms with van der Waals surface area (Å²) in [6.07, 6.45) is 3.41. The predicted molar refractivity (Wildman–Crippen MR) is 101 cm³/mol. The van der Waals surface area contributed by atoms with E-state index in [1.54, 1.807) is 48.5 Å². The van der Waals surface area contributed by atoms with Crippen molar-refractivity contribution >= 4 is 23.5 Å². The molecule has 0 atom stereocenters. The van der Waals surface area contributed by atoms with E-state index in [1.165, 1.54) is 6.92 Å². The summed E-state index contributed by atoms with van der Waals surface area (Å²) in [6, 6.07) is 10.3. The molecule has 0 fully saturated rings. The van der Waals surface area contributed by atoms with Gasteiger partial charge in [0.1, 0.15) is 0 Å². The number of hydrogen-bond donors (Lipinski definition) is 1. The van der Waals surface area contributed by atoms with E-state index in [4.69, 9.17) is 4.74 Å². The zero-order chi connectivity index (χ0) is 19.6. The molecule has 0 radical (unpaired) electrons. The van der Waals surface area contributed by atoms with Gasteiger partial charge in [-0.3, -0.25) is 19.4 Å². The molecule has 0 saturated heterocycles. The van der Waals surface area contributed by atoms with Crippen LogP contribution in [0, 0.1) is 0 Å². The molecule has 0 spiro atoms. The molecule has 27 heavy (non-hydrogen) atoms. The first kappa shape index (κ1) is 20.1. The second kappa shape index (κ2) is 10.1. The van der Waals surface area contributed by atoms with E-state index in [1.807, 2.05) is 12.1 Å². The number of hydrogen-bond acceptors (Lipinski definition) is 5. The number of esters is 1. The molecule has 7 heteroatoms. The lowest BCUT2D eigenvalue weighted by atomic mass is 10.1. The molecule has 7 nitrogen and oxygen atoms in total. The highest BCUT2D eigenvalue weighted by molar-refractivity contribution is 5.97. The maximum atomic E-state index is 13.0. The van der Waals surface area contributed by atoms with Crippen LogP contribution in [0.15, 0.2) is 48.8 Å². The van der Waals surface area contributed by atoms with Gasteiger partial charge in [-0.05, 0) is 42.8 Å². The molecular weight excluding hydrogens is 346 g/mol. The Labute approximate surface area is 158 Å². The van der Waals surface area contributed by atoms with Crippen LogP contribution in [0.4, 0.5) is 5.69 Å². The maximum absolute atomic E-state index is 13.0. The molecule has 0 bridgehead atoms. The standard InChI is InChI=1S/C20H23N3O4/c1-3-27-19(25)9-12-23(14-16-7-10-21-11-8-16)20(26)17-5-4-6-18(13-17)22-15(2)24/h4-8,10-11,13H,3,9,12,14H2,1-2H3,(H,22,24). The third-order valence-corrected chi connectivity index (χ3v) is 3.73. The first-order valence-corrected chi connectivity index (χ1v) is 8.71. The number of anilines is 1. The van der Waals surface area contributed by atoms with E-state index >= 15 is 0 Å². The summed E-state index contributed by atoms with van der Waals surface area (Å²) in [5.74, 6) is -0.795. The monoisotopic (exact) mass is 369 g/mol. The van der Waals surface area contributed by atoms with Crippen LogP contribution >= 0.6 is 0 Å². The van der Waals surface area contributed by atoms with E-state index in [-0.39, 0.29) is 30.7 Å². The molecule has 2 rings (SSSR count). The van der Waals surface area contributed by atoms with Gasteiger partial charge in [0.15, 0.2) is 0 Å². The van der Waals surface area contributed by atoms with Gasteiger partial charge in [0.05, 0.1) is 13.0 Å². The molecule has 1 heterocycles. The molecule has 1 aromatic carbocycles. The molecule has 2 amide bonds. The van der Waals surface area contributed by atoms with Crippen molar-refractivity contribution in [1.29, 1.82) is 0 Å². The Morgan fingerprint density at radius 3 is 2.56 bits per heavy atom. The summed E-state index contributed by atoms with van der Waals surface area (Å²) in [7, 11) is 0. The van der Waals surface area contributed by atoms with Crippen molar-refractivity contribution in [3.63, 3.8) is 0 Å². The third-order valence-electron chi connectivity index (χ3n) is 3.73. The zero-order valence-electron chi connectivity index (χ0n) is 15.5. The van der Waals surface area contributed by atoms with E-state index < -0.39 is 0 Å². The summed E-state index contributed by atoms with van der Waals surface area (Å²) in [5, 5.41) is 2.66. The number of aromatic nitrogens is 1. The minimum absolute atomic E-state index is 0.107. The van der Waals surface area contributed by atoms with Crippen molar-refractivity contribution < 1.29 is 19.1 Å². The molecule has 0 saturated carbocycles. The van der Waals surface area contributed by atoms with E-state index in [0.717, 1.165) is 5.56 Å². The normalized spacial score (nSPS) is 10.1. The van der Waals surface area contributed by atoms with Crippen molar-refractivity contribution in [3.05, 3.63) is 59.9 Å². The molecule has 0 aliphatic rings. The number of rotatable bonds is 8. The van der Waals surface area contributed by atoms with Crippen LogP contribution < -0.4 is 5.32 Å². The minimum atomic E-state index is -0.350. The van der Waals surface area contributed by atoms with Crippen molar-refractivity contribution in [2.45, 2.75) is 26.8 Å². The highest BCUT2D eigenvalue weighted by Gasteiger charge is 2.18. The first-order valence-electron chi connectivity index (χ1n) is 8.71. The lowest BCUT2D eigenvalue weighted by molar-refractivity contribution is -0.143. The van der Waals surface area contributed by atoms with Crippen molar-refractivity contribution in [2.24, 2.45) is 0 Å². The van der Waals surface area contributed by atoms with E-state index in [0.29, 0.717) is 24.4 Å². The van der Waals surface area contributed by atoms with Gasteiger partial charge in [0.2, 0.25) is 5.91 Å². The molecule has 0 aliphatic carbocycles. The van der Waals surface area contributed by atoms with Gasteiger partial charge in [-0.15, -0.1) is 0 Å². The number of carbonyl (C=O) groups excluding carboxylic acids is 3. The molecule has 1 aromatic heterocycles. The number of ether oxygens (including phenoxy) is 1. The van der Waals surface area contributed by atoms with Crippen LogP contribution in [0.25, 0.3) is 0 Å². The molecule has 142 valence electrons. The summed E-state index contributed by atoms with van der Waals surface area (Å²) < 4.78 is 4.96. The fourth-order valence-electron chi connectivity index (χ4n) is 2.54. The van der Waals surface area contributed by atoms with Gasteiger partial charge >= 0.3 is 5.97 Å². The zero-order valence-corrected chi connectivity index (χ0v) is 15.5. The van der Waals surface area contributed by atoms with Crippen LogP contribution in [0.2, 0.25) is 0 Å². The van der Waals surface area contributed by atoms with Crippen LogP contribution in [-0.2, 0) is 20.9 Å². The van der Waals surface area contributed by atoms with Crippen molar-refractivity contribution in [2.75, 3.05) is 18.5 Å². The Morgan fingerprint density at radius 2 is 1.89 bits per heavy atom. The average Bonchev–Trinajstić information content (AvgIpc) is 2.65. The highest BCUT2D eigenvalue weighted by atomic mass is 16.5. The summed E-state index contributed by atoms with van der Waals surface area (Å²) in [5.41, 5.74) is 1.88. The number of nitrogens with zero attached hydrogens (tertiary/aromatic N) is 2. The second-order valence-electron chi connectivity index (χ2n) is 5.90. The SMILES string of the molecule is CCOC(=O)CCN(Cc1ccncc1)C(=O)c1cccc(NC(C)=O)c1. The molecule has 0 unspecified atom stereocenters. The molecule has 2 aromatic rings. The molecule has 1 N–H and O–H groups in total. The van der Waals surface area contributed by atoms with Crippen molar-refractivity contribution in [3.8, 4) is 0 Å². The largest absolute Gasteiger partial charge is 0.466 e. The number of amides is 2. The van der Waals surface area contributed by atoms with Crippen LogP contribution in [0.5, 0.6) is 0 Å². The third kappa shape index (κ3) is 6.54. The van der Waals surface area contributed by atoms with Gasteiger partial charge in [-0.25, -0.2) is 0 Å². The summed E-state index contributed by atoms with van der Waals surface area (Å²) in [4.78, 5) is 41.5. The Morgan fingerprint density at radius 1 is 1.15 bits per heavy atom. The minimum Gasteiger partial charge on any atom is -0.466 e. The summed E-state index contributed by atoms with van der Waals surface area (Å²) >= 11 is 0. The van der Waals surface area contributed by atoms with Crippen LogP contribution in [0.3, 0.4) is 0 Å². The smallest absolute Gasteiger partial charge is 0.307 e. The quantitative estimate of drug-likeness (QED) is 0.723. The Kier molecular flexibility index (Phi) is 7.49. The first-order chi connectivity index (χ1) is 13.0. The Balaban J connectivity index is 2.18. The fraction of sp³-hybridized carbons (Fsp3) is 0.300. The fourth-order valence-corrected chi connectivity index (χ4v) is 2.54. The van der Waals surface area contributed by atoms with Crippen LogP contribution in [-0.4, -0.2) is 40.8 Å². The predicted octanol–water partition coefficient (Wildman–Crippen LogP) is 2.64. The van der Waals surface area contributed by atoms with Crippen molar-refractivity contribution in [1.82, 2.24) is 9.88 Å². The van der Waals surface area contributed by atoms with E-state index in [2.05, 4.69) is 10.3 Å². The van der Waals surface area contributed by atoms with E-state index in [9.17, 15) is 14.4 Å². The lowest BCUT2D eigenvalue weighted by Crippen LogP contribution is -2.33. The highest BCUT2D eigenvalue weighted by Crippen LogP contribution is 2.15. The van der Waals surface area contributed by atoms with Gasteiger partial charge in [0.25, 0.3) is 5.91 Å². The number of carbonyl (C=O) groups is 3. The Bertz CT molecular complexity index is 793. The van der Waals surface area contributed by atoms with Gasteiger partial charge in [-0.2, -0.15) is 0 Å². The molecule has 0 aliphatic heterocycles. The summed E-state index contributed by atoms with van der Waals surface area (Å²) in [6.45, 7) is 4.01. The van der Waals surface area contributed by atoms with Gasteiger partial charge in [-0.1, -0.05) is 6.07 Å². The van der Waals surface area contributed by atoms with Gasteiger partial charge in [0, 0.05) is 43.7 Å². The maximum Gasteiger partial charge on any atom is 0.307 e. The van der Waals surface area contributed by atoms with Crippen LogP contribution in [0.1, 0.15) is 36.2 Å². The van der Waals surface area contributed by atoms with Gasteiger partial charge < -0.3 is 15.0 Å². The average molecular weight is 369 g/mol. The topological polar surface area (TPSA) is 88.6 Å². The molecular formula is C20H23N3O4. The number of nitrogens with one attached hydrogen (secondary N) is 1. The lowest BCUT2D eigenvalue weighted by Gasteiger charge is -2.23.